The molecule has 0 aromatic heterocycles. The van der Waals surface area contributed by atoms with Crippen LogP contribution in [0.25, 0.3) is 0 Å². The molecule has 0 aliphatic heterocycles. The van der Waals surface area contributed by atoms with E-state index in [9.17, 15) is 32.6 Å². The summed E-state index contributed by atoms with van der Waals surface area (Å²) in [4.78, 5) is 37.4. The Labute approximate surface area is 519 Å². The summed E-state index contributed by atoms with van der Waals surface area (Å²) in [6.45, 7) is 12.7. The lowest BCUT2D eigenvalue weighted by Crippen LogP contribution is -2.62. The van der Waals surface area contributed by atoms with Gasteiger partial charge in [0, 0.05) is 26.0 Å². The molecule has 15 nitrogen and oxygen atoms in total. The van der Waals surface area contributed by atoms with Gasteiger partial charge in [0.15, 0.2) is 0 Å². The van der Waals surface area contributed by atoms with Crippen molar-refractivity contribution in [3.8, 4) is 0 Å². The Morgan fingerprint density at radius 2 is 1.28 bits per heavy atom. The molecule has 4 aliphatic carbocycles. The summed E-state index contributed by atoms with van der Waals surface area (Å²) in [7, 11) is -2.68. The molecule has 0 radical (unpaired) electrons. The van der Waals surface area contributed by atoms with Crippen molar-refractivity contribution in [1.29, 1.82) is 0 Å². The van der Waals surface area contributed by atoms with Gasteiger partial charge in [0.2, 0.25) is 5.91 Å². The van der Waals surface area contributed by atoms with Crippen LogP contribution in [0.1, 0.15) is 272 Å². The van der Waals surface area contributed by atoms with Gasteiger partial charge in [0.25, 0.3) is 10.1 Å². The van der Waals surface area contributed by atoms with Gasteiger partial charge in [-0.15, -0.1) is 0 Å². The second-order valence-electron chi connectivity index (χ2n) is 28.5. The molecule has 0 aromatic rings. The second-order valence-corrected chi connectivity index (χ2v) is 31.5. The van der Waals surface area contributed by atoms with Crippen LogP contribution in [0.3, 0.4) is 0 Å². The number of rotatable bonds is 49. The first-order valence-electron chi connectivity index (χ1n) is 34.9. The molecule has 4 fully saturated rings. The Morgan fingerprint density at radius 1 is 0.718 bits per heavy atom. The standard InChI is InChI=1S/C68H127N2O13PS/c1-9-11-13-15-17-19-21-23-24-25-27-29-31-33-35-37-47-79-58(54-81-65(73)38-36-34-32-30-28-26-22-20-18-16-14-12-10-2)53-80-57-43-44-67(4)56(50-57)51-62(83-84(74,75)82-48-46-70(6,7)8)66-60-41-40-59(68(60,5)63(71)52-61(66)67)55(3)39-42-64(72)69-45-49-85(76,77)78/h23-24,55-63,66,71H,9-22,25-54H2,1-8H3,(H2-,69,72,74,75,76,77,78)/p+1/b24-23-/t55-,56?,57-,58+,59-,60?,61?,62?,63+,66?,67+,68-/m1/s1. The highest BCUT2D eigenvalue weighted by Crippen LogP contribution is 2.70. The van der Waals surface area contributed by atoms with Crippen molar-refractivity contribution < 1.29 is 64.9 Å². The maximum Gasteiger partial charge on any atom is 0.472 e. The maximum absolute atomic E-state index is 14.0. The number of hydrogen-bond acceptors (Lipinski definition) is 11. The molecule has 1 amide bonds. The molecular formula is C68H128N2O13PS+. The monoisotopic (exact) mass is 1240 g/mol. The van der Waals surface area contributed by atoms with Crippen molar-refractivity contribution in [3.05, 3.63) is 12.2 Å². The van der Waals surface area contributed by atoms with Crippen LogP contribution in [-0.4, -0.2) is 130 Å². The van der Waals surface area contributed by atoms with Gasteiger partial charge < -0.3 is 34.0 Å². The molecule has 0 aromatic carbocycles. The molecule has 498 valence electrons. The lowest BCUT2D eigenvalue weighted by atomic mass is 9.43. The molecule has 4 aliphatic rings. The number of phosphoric ester groups is 1. The zero-order valence-corrected chi connectivity index (χ0v) is 57.0. The number of unbranched alkanes of at least 4 members (excludes halogenated alkanes) is 24. The molecule has 17 heteroatoms. The van der Waals surface area contributed by atoms with E-state index in [-0.39, 0.29) is 85.1 Å². The van der Waals surface area contributed by atoms with E-state index < -0.39 is 47.4 Å². The molecule has 85 heavy (non-hydrogen) atoms. The van der Waals surface area contributed by atoms with Crippen LogP contribution in [0.4, 0.5) is 0 Å². The fourth-order valence-electron chi connectivity index (χ4n) is 15.5. The first-order valence-corrected chi connectivity index (χ1v) is 38.0. The summed E-state index contributed by atoms with van der Waals surface area (Å²) in [6, 6.07) is 0. The van der Waals surface area contributed by atoms with Crippen molar-refractivity contribution in [2.75, 3.05) is 66.4 Å². The minimum absolute atomic E-state index is 0.00257. The van der Waals surface area contributed by atoms with Gasteiger partial charge in [-0.05, 0) is 136 Å². The summed E-state index contributed by atoms with van der Waals surface area (Å²) in [5, 5.41) is 15.1. The van der Waals surface area contributed by atoms with Gasteiger partial charge >= 0.3 is 13.8 Å². The van der Waals surface area contributed by atoms with Gasteiger partial charge in [-0.3, -0.25) is 23.2 Å². The van der Waals surface area contributed by atoms with E-state index in [1.165, 1.54) is 135 Å². The Balaban J connectivity index is 1.36. The molecule has 4 rings (SSSR count). The zero-order valence-electron chi connectivity index (χ0n) is 55.3. The fraction of sp³-hybridized carbons (Fsp3) is 0.941. The smallest absolute Gasteiger partial charge is 0.463 e. The number of hydrogen-bond donors (Lipinski definition) is 4. The van der Waals surface area contributed by atoms with Crippen LogP contribution in [0.2, 0.25) is 0 Å². The molecule has 13 atom stereocenters. The Hall–Kier alpha value is -1.46. The number of nitrogens with one attached hydrogen (secondary N) is 1. The SMILES string of the molecule is CCCCCCCC/C=C\CCCCCCCCO[C@H](COC(=O)CCCCCCCCCCCCCCC)CO[C@@H]1CC[C@@]2(C)C(CC(OP(=O)(O)OCC[N+](C)(C)C)C3C2C[C@H](O)[C@@]2(C)C3CC[C@@H]2[C@H](C)CCC(=O)NCCS(=O)(=O)O)C1. The number of allylic oxidation sites excluding steroid dienone is 2. The van der Waals surface area contributed by atoms with E-state index in [4.69, 9.17) is 27.8 Å². The van der Waals surface area contributed by atoms with Crippen LogP contribution in [0, 0.1) is 46.3 Å². The van der Waals surface area contributed by atoms with Crippen molar-refractivity contribution in [2.24, 2.45) is 46.3 Å². The Kier molecular flexibility index (Phi) is 36.1. The largest absolute Gasteiger partial charge is 0.472 e. The second kappa shape index (κ2) is 40.4. The maximum atomic E-state index is 14.0. The molecule has 4 saturated carbocycles. The van der Waals surface area contributed by atoms with Crippen molar-refractivity contribution in [2.45, 2.75) is 297 Å². The third kappa shape index (κ3) is 28.7. The topological polar surface area (TPSA) is 204 Å². The van der Waals surface area contributed by atoms with Crippen LogP contribution < -0.4 is 5.32 Å². The summed E-state index contributed by atoms with van der Waals surface area (Å²) in [6.07, 6.45) is 42.9. The molecule has 0 heterocycles. The summed E-state index contributed by atoms with van der Waals surface area (Å²) >= 11 is 0. The van der Waals surface area contributed by atoms with Crippen molar-refractivity contribution in [1.82, 2.24) is 5.32 Å². The molecule has 6 unspecified atom stereocenters. The van der Waals surface area contributed by atoms with Gasteiger partial charge in [0.05, 0.1) is 51.8 Å². The highest BCUT2D eigenvalue weighted by atomic mass is 32.2. The zero-order chi connectivity index (χ0) is 62.2. The number of phosphoric acid groups is 1. The number of esters is 1. The van der Waals surface area contributed by atoms with Crippen molar-refractivity contribution >= 4 is 29.8 Å². The van der Waals surface area contributed by atoms with E-state index >= 15 is 0 Å². The predicted octanol–water partition coefficient (Wildman–Crippen LogP) is 15.7. The lowest BCUT2D eigenvalue weighted by Gasteiger charge is -2.64. The molecular weight excluding hydrogens is 1120 g/mol. The lowest BCUT2D eigenvalue weighted by molar-refractivity contribution is -0.870. The average molecular weight is 1240 g/mol. The van der Waals surface area contributed by atoms with Crippen molar-refractivity contribution in [3.63, 3.8) is 0 Å². The number of carbonyl (C=O) groups excluding carboxylic acids is 2. The normalized spacial score (nSPS) is 27.5. The van der Waals surface area contributed by atoms with E-state index in [1.54, 1.807) is 0 Å². The minimum Gasteiger partial charge on any atom is -0.463 e. The summed E-state index contributed by atoms with van der Waals surface area (Å²) < 4.78 is 77.6. The number of aliphatic hydroxyl groups excluding tert-OH is 1. The third-order valence-corrected chi connectivity index (χ3v) is 22.5. The summed E-state index contributed by atoms with van der Waals surface area (Å²) in [5.74, 6) is -0.892. The fourth-order valence-corrected chi connectivity index (χ4v) is 16.8. The van der Waals surface area contributed by atoms with Gasteiger partial charge in [-0.25, -0.2) is 4.57 Å². The van der Waals surface area contributed by atoms with Crippen LogP contribution in [-0.2, 0) is 47.5 Å². The quantitative estimate of drug-likeness (QED) is 0.0112. The van der Waals surface area contributed by atoms with Gasteiger partial charge in [-0.1, -0.05) is 182 Å². The Bertz CT molecular complexity index is 2020. The van der Waals surface area contributed by atoms with E-state index in [1.807, 2.05) is 21.1 Å². The number of likely N-dealkylation sites (N-methyl/N-ethyl adjacent to an activating group) is 1. The number of quaternary nitrogens is 1. The van der Waals surface area contributed by atoms with E-state index in [2.05, 4.69) is 52.1 Å². The van der Waals surface area contributed by atoms with E-state index in [0.29, 0.717) is 49.9 Å². The highest BCUT2D eigenvalue weighted by molar-refractivity contribution is 7.85. The third-order valence-electron chi connectivity index (χ3n) is 20.7. The predicted molar refractivity (Wildman–Crippen MR) is 344 cm³/mol. The average Bonchev–Trinajstić information content (AvgIpc) is 1.71. The minimum atomic E-state index is -4.50. The number of aliphatic hydroxyl groups is 1. The first-order chi connectivity index (χ1) is 40.5. The highest BCUT2D eigenvalue weighted by Gasteiger charge is 2.67. The molecule has 0 spiro atoms. The number of amides is 1. The number of fused-ring (bicyclic) bond motifs is 5. The summed E-state index contributed by atoms with van der Waals surface area (Å²) in [5.41, 5.74) is -0.727. The molecule has 0 bridgehead atoms. The van der Waals surface area contributed by atoms with Gasteiger partial charge in [-0.2, -0.15) is 8.42 Å². The van der Waals surface area contributed by atoms with E-state index in [0.717, 1.165) is 70.6 Å². The first kappa shape index (κ1) is 76.0. The number of ether oxygens (including phenoxy) is 3. The van der Waals surface area contributed by atoms with Crippen LogP contribution in [0.15, 0.2) is 12.2 Å². The number of carbonyl (C=O) groups is 2. The Morgan fingerprint density at radius 3 is 1.86 bits per heavy atom. The number of nitrogens with zero attached hydrogens (tertiary/aromatic N) is 1. The molecule has 4 N–H and O–H groups in total. The van der Waals surface area contributed by atoms with Crippen LogP contribution >= 0.6 is 7.82 Å². The molecule has 0 saturated heterocycles. The van der Waals surface area contributed by atoms with Crippen LogP contribution in [0.5, 0.6) is 0 Å². The van der Waals surface area contributed by atoms with Gasteiger partial charge in [0.1, 0.15) is 25.9 Å².